The van der Waals surface area contributed by atoms with Gasteiger partial charge >= 0.3 is 0 Å². The van der Waals surface area contributed by atoms with Crippen molar-refractivity contribution in [2.45, 2.75) is 20.1 Å². The van der Waals surface area contributed by atoms with Crippen molar-refractivity contribution in [1.29, 1.82) is 0 Å². The molecule has 0 unspecified atom stereocenters. The first-order chi connectivity index (χ1) is 13.5. The van der Waals surface area contributed by atoms with Crippen LogP contribution in [0.4, 0.5) is 0 Å². The molecule has 1 heterocycles. The Morgan fingerprint density at radius 3 is 2.29 bits per heavy atom. The Kier molecular flexibility index (Phi) is 6.93. The number of rotatable bonds is 8. The summed E-state index contributed by atoms with van der Waals surface area (Å²) < 4.78 is 37.0. The molecule has 6 nitrogen and oxygen atoms in total. The molecule has 7 heteroatoms. The Labute approximate surface area is 167 Å². The van der Waals surface area contributed by atoms with Crippen LogP contribution in [0.15, 0.2) is 48.5 Å². The number of benzene rings is 2. The SMILES string of the molecule is CCS(=O)(=O)N1CCN(Cc2ccc(OC)c(OCc3ccccc3)c2)CC1. The van der Waals surface area contributed by atoms with Gasteiger partial charge in [-0.25, -0.2) is 8.42 Å². The van der Waals surface area contributed by atoms with Gasteiger partial charge in [0.05, 0.1) is 12.9 Å². The Morgan fingerprint density at radius 2 is 1.64 bits per heavy atom. The molecule has 1 saturated heterocycles. The fourth-order valence-corrected chi connectivity index (χ4v) is 4.36. The van der Waals surface area contributed by atoms with Crippen molar-refractivity contribution in [2.75, 3.05) is 39.0 Å². The zero-order valence-corrected chi connectivity index (χ0v) is 17.3. The number of methoxy groups -OCH3 is 1. The van der Waals surface area contributed by atoms with E-state index in [1.54, 1.807) is 18.3 Å². The average molecular weight is 405 g/mol. The highest BCUT2D eigenvalue weighted by Crippen LogP contribution is 2.29. The third-order valence-corrected chi connectivity index (χ3v) is 6.84. The maximum atomic E-state index is 12.0. The molecule has 0 spiro atoms. The second-order valence-corrected chi connectivity index (χ2v) is 9.09. The highest BCUT2D eigenvalue weighted by Gasteiger charge is 2.25. The van der Waals surface area contributed by atoms with Gasteiger partial charge in [-0.1, -0.05) is 36.4 Å². The van der Waals surface area contributed by atoms with Gasteiger partial charge in [0, 0.05) is 32.7 Å². The van der Waals surface area contributed by atoms with E-state index in [-0.39, 0.29) is 5.75 Å². The molecule has 152 valence electrons. The summed E-state index contributed by atoms with van der Waals surface area (Å²) in [5.41, 5.74) is 2.22. The standard InChI is InChI=1S/C21H28N2O4S/c1-3-28(24,25)23-13-11-22(12-14-23)16-19-9-10-20(26-2)21(15-19)27-17-18-7-5-4-6-8-18/h4-10,15H,3,11-14,16-17H2,1-2H3. The van der Waals surface area contributed by atoms with Gasteiger partial charge in [-0.15, -0.1) is 0 Å². The quantitative estimate of drug-likeness (QED) is 0.677. The topological polar surface area (TPSA) is 59.1 Å². The Morgan fingerprint density at radius 1 is 0.929 bits per heavy atom. The molecule has 1 aliphatic rings. The van der Waals surface area contributed by atoms with E-state index in [0.717, 1.165) is 36.5 Å². The molecule has 0 N–H and O–H groups in total. The molecule has 0 amide bonds. The maximum absolute atomic E-state index is 12.0. The number of ether oxygens (including phenoxy) is 2. The summed E-state index contributed by atoms with van der Waals surface area (Å²) in [7, 11) is -1.46. The Hall–Kier alpha value is -2.09. The van der Waals surface area contributed by atoms with Crippen LogP contribution in [0.3, 0.4) is 0 Å². The number of hydrogen-bond donors (Lipinski definition) is 0. The molecule has 0 saturated carbocycles. The minimum Gasteiger partial charge on any atom is -0.493 e. The monoisotopic (exact) mass is 404 g/mol. The van der Waals surface area contributed by atoms with Gasteiger partial charge in [-0.05, 0) is 30.2 Å². The number of sulfonamides is 1. The molecule has 2 aromatic rings. The van der Waals surface area contributed by atoms with Crippen molar-refractivity contribution < 1.29 is 17.9 Å². The van der Waals surface area contributed by atoms with Gasteiger partial charge < -0.3 is 9.47 Å². The predicted molar refractivity (Wildman–Crippen MR) is 110 cm³/mol. The van der Waals surface area contributed by atoms with Crippen LogP contribution in [0.1, 0.15) is 18.1 Å². The van der Waals surface area contributed by atoms with E-state index in [9.17, 15) is 8.42 Å². The maximum Gasteiger partial charge on any atom is 0.213 e. The van der Waals surface area contributed by atoms with Crippen LogP contribution in [0, 0.1) is 0 Å². The van der Waals surface area contributed by atoms with Crippen molar-refractivity contribution in [1.82, 2.24) is 9.21 Å². The molecule has 1 fully saturated rings. The van der Waals surface area contributed by atoms with E-state index >= 15 is 0 Å². The Bertz CT molecular complexity index is 863. The molecule has 0 aliphatic carbocycles. The van der Waals surface area contributed by atoms with Crippen molar-refractivity contribution in [2.24, 2.45) is 0 Å². The van der Waals surface area contributed by atoms with Crippen LogP contribution in [-0.2, 0) is 23.2 Å². The van der Waals surface area contributed by atoms with Crippen LogP contribution in [-0.4, -0.2) is 56.7 Å². The van der Waals surface area contributed by atoms with Crippen molar-refractivity contribution >= 4 is 10.0 Å². The van der Waals surface area contributed by atoms with E-state index in [4.69, 9.17) is 9.47 Å². The summed E-state index contributed by atoms with van der Waals surface area (Å²) in [6, 6.07) is 16.0. The summed E-state index contributed by atoms with van der Waals surface area (Å²) >= 11 is 0. The first kappa shape index (κ1) is 20.6. The van der Waals surface area contributed by atoms with Gasteiger partial charge in [0.2, 0.25) is 10.0 Å². The van der Waals surface area contributed by atoms with E-state index in [0.29, 0.717) is 25.4 Å². The lowest BCUT2D eigenvalue weighted by atomic mass is 10.1. The molecule has 1 aliphatic heterocycles. The molecule has 28 heavy (non-hydrogen) atoms. The van der Waals surface area contributed by atoms with Crippen molar-refractivity contribution in [3.05, 3.63) is 59.7 Å². The van der Waals surface area contributed by atoms with E-state index < -0.39 is 10.0 Å². The van der Waals surface area contributed by atoms with Gasteiger partial charge in [0.15, 0.2) is 11.5 Å². The first-order valence-electron chi connectivity index (χ1n) is 9.55. The molecule has 0 aromatic heterocycles. The summed E-state index contributed by atoms with van der Waals surface area (Å²) in [4.78, 5) is 2.27. The number of nitrogens with zero attached hydrogens (tertiary/aromatic N) is 2. The fourth-order valence-electron chi connectivity index (χ4n) is 3.27. The van der Waals surface area contributed by atoms with E-state index in [1.807, 2.05) is 48.5 Å². The third-order valence-electron chi connectivity index (χ3n) is 4.96. The highest BCUT2D eigenvalue weighted by atomic mass is 32.2. The minimum absolute atomic E-state index is 0.160. The largest absolute Gasteiger partial charge is 0.493 e. The second-order valence-electron chi connectivity index (χ2n) is 6.84. The average Bonchev–Trinajstić information content (AvgIpc) is 2.73. The predicted octanol–water partition coefficient (Wildman–Crippen LogP) is 2.74. The smallest absolute Gasteiger partial charge is 0.213 e. The summed E-state index contributed by atoms with van der Waals surface area (Å²) in [5, 5.41) is 0. The zero-order chi connectivity index (χ0) is 20.0. The van der Waals surface area contributed by atoms with Crippen LogP contribution < -0.4 is 9.47 Å². The first-order valence-corrected chi connectivity index (χ1v) is 11.2. The van der Waals surface area contributed by atoms with Gasteiger partial charge in [-0.2, -0.15) is 4.31 Å². The molecule has 0 radical (unpaired) electrons. The molecule has 3 rings (SSSR count). The summed E-state index contributed by atoms with van der Waals surface area (Å²) in [6.07, 6.45) is 0. The van der Waals surface area contributed by atoms with Gasteiger partial charge in [0.25, 0.3) is 0 Å². The summed E-state index contributed by atoms with van der Waals surface area (Å²) in [5.74, 6) is 1.59. The lowest BCUT2D eigenvalue weighted by Crippen LogP contribution is -2.48. The van der Waals surface area contributed by atoms with Crippen LogP contribution >= 0.6 is 0 Å². The molecular weight excluding hydrogens is 376 g/mol. The minimum atomic E-state index is -3.10. The van der Waals surface area contributed by atoms with Crippen molar-refractivity contribution in [3.8, 4) is 11.5 Å². The van der Waals surface area contributed by atoms with E-state index in [1.165, 1.54) is 0 Å². The molecule has 2 aromatic carbocycles. The molecule has 0 bridgehead atoms. The normalized spacial score (nSPS) is 16.1. The molecular formula is C21H28N2O4S. The van der Waals surface area contributed by atoms with Crippen LogP contribution in [0.5, 0.6) is 11.5 Å². The van der Waals surface area contributed by atoms with Crippen LogP contribution in [0.2, 0.25) is 0 Å². The lowest BCUT2D eigenvalue weighted by molar-refractivity contribution is 0.181. The number of hydrogen-bond acceptors (Lipinski definition) is 5. The molecule has 0 atom stereocenters. The van der Waals surface area contributed by atoms with Crippen molar-refractivity contribution in [3.63, 3.8) is 0 Å². The lowest BCUT2D eigenvalue weighted by Gasteiger charge is -2.33. The van der Waals surface area contributed by atoms with E-state index in [2.05, 4.69) is 4.90 Å². The highest BCUT2D eigenvalue weighted by molar-refractivity contribution is 7.89. The second kappa shape index (κ2) is 9.41. The third kappa shape index (κ3) is 5.25. The number of piperazine rings is 1. The van der Waals surface area contributed by atoms with Gasteiger partial charge in [0.1, 0.15) is 6.61 Å². The zero-order valence-electron chi connectivity index (χ0n) is 16.5. The summed E-state index contributed by atoms with van der Waals surface area (Å²) in [6.45, 7) is 5.47. The fraction of sp³-hybridized carbons (Fsp3) is 0.429. The van der Waals surface area contributed by atoms with Crippen LogP contribution in [0.25, 0.3) is 0 Å². The van der Waals surface area contributed by atoms with Gasteiger partial charge in [-0.3, -0.25) is 4.90 Å². The Balaban J connectivity index is 1.62.